The summed E-state index contributed by atoms with van der Waals surface area (Å²) in [5, 5.41) is 4.08. The molecule has 0 aliphatic heterocycles. The van der Waals surface area contributed by atoms with Crippen molar-refractivity contribution in [3.63, 3.8) is 0 Å². The average molecular weight is 306 g/mol. The molecule has 114 valence electrons. The SMILES string of the molecule is CCCCc1nc(Cl)c(CN[C@H](C)c2cccc(C)c2)[nH]1. The molecule has 2 aromatic rings. The summed E-state index contributed by atoms with van der Waals surface area (Å²) in [7, 11) is 0. The molecule has 1 heterocycles. The summed E-state index contributed by atoms with van der Waals surface area (Å²) in [6.45, 7) is 7.16. The molecule has 0 unspecified atom stereocenters. The third-order valence-electron chi connectivity index (χ3n) is 3.67. The maximum Gasteiger partial charge on any atom is 0.151 e. The highest BCUT2D eigenvalue weighted by molar-refractivity contribution is 6.30. The van der Waals surface area contributed by atoms with Gasteiger partial charge in [0.2, 0.25) is 0 Å². The molecule has 0 saturated carbocycles. The second-order valence-corrected chi connectivity index (χ2v) is 5.93. The minimum absolute atomic E-state index is 0.281. The van der Waals surface area contributed by atoms with E-state index in [9.17, 15) is 0 Å². The summed E-state index contributed by atoms with van der Waals surface area (Å²) in [5.41, 5.74) is 3.54. The van der Waals surface area contributed by atoms with Crippen LogP contribution < -0.4 is 5.32 Å². The van der Waals surface area contributed by atoms with E-state index >= 15 is 0 Å². The average Bonchev–Trinajstić information content (AvgIpc) is 2.83. The zero-order valence-electron chi connectivity index (χ0n) is 13.0. The summed E-state index contributed by atoms with van der Waals surface area (Å²) in [5.74, 6) is 0.988. The van der Waals surface area contributed by atoms with Crippen LogP contribution in [-0.2, 0) is 13.0 Å². The molecule has 2 N–H and O–H groups in total. The number of imidazole rings is 1. The molecule has 0 spiro atoms. The standard InChI is InChI=1S/C17H24ClN3/c1-4-5-9-16-20-15(17(18)21-16)11-19-13(3)14-8-6-7-12(2)10-14/h6-8,10,13,19H,4-5,9,11H2,1-3H3,(H,20,21)/t13-/m1/s1. The van der Waals surface area contributed by atoms with Gasteiger partial charge in [0.25, 0.3) is 0 Å². The molecule has 21 heavy (non-hydrogen) atoms. The van der Waals surface area contributed by atoms with Crippen LogP contribution >= 0.6 is 11.6 Å². The van der Waals surface area contributed by atoms with Crippen LogP contribution in [0.5, 0.6) is 0 Å². The van der Waals surface area contributed by atoms with E-state index in [-0.39, 0.29) is 6.04 Å². The maximum atomic E-state index is 6.20. The second-order valence-electron chi connectivity index (χ2n) is 5.57. The lowest BCUT2D eigenvalue weighted by molar-refractivity contribution is 0.568. The van der Waals surface area contributed by atoms with Gasteiger partial charge in [0.15, 0.2) is 5.15 Å². The number of hydrogen-bond acceptors (Lipinski definition) is 2. The van der Waals surface area contributed by atoms with Crippen molar-refractivity contribution in [1.82, 2.24) is 15.3 Å². The fourth-order valence-electron chi connectivity index (χ4n) is 2.33. The van der Waals surface area contributed by atoms with Gasteiger partial charge in [-0.1, -0.05) is 54.8 Å². The van der Waals surface area contributed by atoms with Gasteiger partial charge in [0.05, 0.1) is 5.69 Å². The Morgan fingerprint density at radius 2 is 2.19 bits per heavy atom. The fourth-order valence-corrected chi connectivity index (χ4v) is 2.55. The Labute approximate surface area is 132 Å². The number of nitrogens with zero attached hydrogens (tertiary/aromatic N) is 1. The second kappa shape index (κ2) is 7.62. The molecular weight excluding hydrogens is 282 g/mol. The van der Waals surface area contributed by atoms with Crippen molar-refractivity contribution >= 4 is 11.6 Å². The van der Waals surface area contributed by atoms with Crippen LogP contribution in [0.1, 0.15) is 55.4 Å². The lowest BCUT2D eigenvalue weighted by Gasteiger charge is -2.14. The summed E-state index contributed by atoms with van der Waals surface area (Å²) < 4.78 is 0. The highest BCUT2D eigenvalue weighted by Gasteiger charge is 2.10. The number of benzene rings is 1. The van der Waals surface area contributed by atoms with E-state index in [2.05, 4.69) is 60.3 Å². The normalized spacial score (nSPS) is 12.6. The van der Waals surface area contributed by atoms with Gasteiger partial charge in [-0.3, -0.25) is 0 Å². The third-order valence-corrected chi connectivity index (χ3v) is 3.98. The predicted molar refractivity (Wildman–Crippen MR) is 88.6 cm³/mol. The lowest BCUT2D eigenvalue weighted by Crippen LogP contribution is -2.18. The predicted octanol–water partition coefficient (Wildman–Crippen LogP) is 4.56. The molecule has 3 nitrogen and oxygen atoms in total. The van der Waals surface area contributed by atoms with Gasteiger partial charge in [-0.05, 0) is 25.8 Å². The van der Waals surface area contributed by atoms with E-state index in [1.165, 1.54) is 11.1 Å². The van der Waals surface area contributed by atoms with Gasteiger partial charge >= 0.3 is 0 Å². The van der Waals surface area contributed by atoms with Crippen LogP contribution in [0.25, 0.3) is 0 Å². The number of nitrogens with one attached hydrogen (secondary N) is 2. The number of aromatic amines is 1. The zero-order chi connectivity index (χ0) is 15.2. The minimum atomic E-state index is 0.281. The van der Waals surface area contributed by atoms with Crippen molar-refractivity contribution < 1.29 is 0 Å². The van der Waals surface area contributed by atoms with E-state index in [1.807, 2.05) is 0 Å². The molecule has 0 bridgehead atoms. The third kappa shape index (κ3) is 4.58. The quantitative estimate of drug-likeness (QED) is 0.787. The van der Waals surface area contributed by atoms with Gasteiger partial charge in [-0.15, -0.1) is 0 Å². The Balaban J connectivity index is 1.94. The fraction of sp³-hybridized carbons (Fsp3) is 0.471. The first kappa shape index (κ1) is 16.1. The molecule has 1 aromatic heterocycles. The number of hydrogen-bond donors (Lipinski definition) is 2. The molecule has 4 heteroatoms. The van der Waals surface area contributed by atoms with E-state index in [1.54, 1.807) is 0 Å². The van der Waals surface area contributed by atoms with Gasteiger partial charge < -0.3 is 10.3 Å². The van der Waals surface area contributed by atoms with Crippen LogP contribution in [-0.4, -0.2) is 9.97 Å². The van der Waals surface area contributed by atoms with Gasteiger partial charge in [-0.25, -0.2) is 4.98 Å². The Morgan fingerprint density at radius 3 is 2.90 bits per heavy atom. The minimum Gasteiger partial charge on any atom is -0.344 e. The van der Waals surface area contributed by atoms with Crippen LogP contribution in [0.2, 0.25) is 5.15 Å². The van der Waals surface area contributed by atoms with Crippen LogP contribution in [0.3, 0.4) is 0 Å². The number of halogens is 1. The number of aromatic nitrogens is 2. The molecule has 0 aliphatic carbocycles. The smallest absolute Gasteiger partial charge is 0.151 e. The monoisotopic (exact) mass is 305 g/mol. The first-order valence-electron chi connectivity index (χ1n) is 7.63. The zero-order valence-corrected chi connectivity index (χ0v) is 13.8. The van der Waals surface area contributed by atoms with Crippen molar-refractivity contribution in [2.75, 3.05) is 0 Å². The van der Waals surface area contributed by atoms with E-state index < -0.39 is 0 Å². The van der Waals surface area contributed by atoms with Gasteiger partial charge in [0, 0.05) is 19.0 Å². The van der Waals surface area contributed by atoms with E-state index in [0.717, 1.165) is 30.8 Å². The van der Waals surface area contributed by atoms with Crippen molar-refractivity contribution in [1.29, 1.82) is 0 Å². The largest absolute Gasteiger partial charge is 0.344 e. The Hall–Kier alpha value is -1.32. The molecule has 1 aromatic carbocycles. The summed E-state index contributed by atoms with van der Waals surface area (Å²) in [6, 6.07) is 8.84. The van der Waals surface area contributed by atoms with E-state index in [0.29, 0.717) is 11.7 Å². The molecule has 0 radical (unpaired) electrons. The van der Waals surface area contributed by atoms with Crippen molar-refractivity contribution in [2.45, 2.75) is 52.6 Å². The Kier molecular flexibility index (Phi) is 5.83. The molecule has 1 atom stereocenters. The summed E-state index contributed by atoms with van der Waals surface area (Å²) in [6.07, 6.45) is 3.26. The molecule has 0 amide bonds. The first-order chi connectivity index (χ1) is 10.1. The lowest BCUT2D eigenvalue weighted by atomic mass is 10.1. The molecular formula is C17H24ClN3. The topological polar surface area (TPSA) is 40.7 Å². The summed E-state index contributed by atoms with van der Waals surface area (Å²) in [4.78, 5) is 7.71. The van der Waals surface area contributed by atoms with Crippen LogP contribution in [0, 0.1) is 6.92 Å². The van der Waals surface area contributed by atoms with Gasteiger partial charge in [-0.2, -0.15) is 0 Å². The van der Waals surface area contributed by atoms with Crippen molar-refractivity contribution in [3.05, 3.63) is 52.1 Å². The highest BCUT2D eigenvalue weighted by atomic mass is 35.5. The highest BCUT2D eigenvalue weighted by Crippen LogP contribution is 2.17. The van der Waals surface area contributed by atoms with Gasteiger partial charge in [0.1, 0.15) is 5.82 Å². The number of rotatable bonds is 7. The van der Waals surface area contributed by atoms with Crippen LogP contribution in [0.15, 0.2) is 24.3 Å². The first-order valence-corrected chi connectivity index (χ1v) is 8.01. The molecule has 0 aliphatic rings. The summed E-state index contributed by atoms with van der Waals surface area (Å²) >= 11 is 6.20. The number of unbranched alkanes of at least 4 members (excludes halogenated alkanes) is 1. The number of H-pyrrole nitrogens is 1. The molecule has 0 fully saturated rings. The van der Waals surface area contributed by atoms with Crippen molar-refractivity contribution in [2.24, 2.45) is 0 Å². The maximum absolute atomic E-state index is 6.20. The molecule has 0 saturated heterocycles. The number of aryl methyl sites for hydroxylation is 2. The Bertz CT molecular complexity index is 577. The van der Waals surface area contributed by atoms with E-state index in [4.69, 9.17) is 11.6 Å². The van der Waals surface area contributed by atoms with Crippen molar-refractivity contribution in [3.8, 4) is 0 Å². The van der Waals surface area contributed by atoms with Crippen LogP contribution in [0.4, 0.5) is 0 Å². The Morgan fingerprint density at radius 1 is 1.38 bits per heavy atom. The molecule has 2 rings (SSSR count).